The Labute approximate surface area is 164 Å². The third-order valence-corrected chi connectivity index (χ3v) is 5.08. The predicted octanol–water partition coefficient (Wildman–Crippen LogP) is 4.18. The zero-order chi connectivity index (χ0) is 21.8. The summed E-state index contributed by atoms with van der Waals surface area (Å²) in [5.74, 6) is -7.69. The van der Waals surface area contributed by atoms with E-state index >= 15 is 0 Å². The highest BCUT2D eigenvalue weighted by Gasteiger charge is 2.48. The highest BCUT2D eigenvalue weighted by molar-refractivity contribution is 6.12. The number of ketones is 1. The SMILES string of the molecule is CC(C)OC(=O)C1=C2CCC(C)(C)N2c2c(F)c(F)c(F)c([N+](=O)[O-])c2C(=O)C1. The number of anilines is 1. The monoisotopic (exact) mass is 412 g/mol. The molecule has 0 amide bonds. The Kier molecular flexibility index (Phi) is 4.92. The molecule has 29 heavy (non-hydrogen) atoms. The topological polar surface area (TPSA) is 89.8 Å². The van der Waals surface area contributed by atoms with Crippen LogP contribution in [0, 0.1) is 27.6 Å². The number of benzene rings is 1. The number of fused-ring (bicyclic) bond motifs is 3. The largest absolute Gasteiger partial charge is 0.460 e. The van der Waals surface area contributed by atoms with Gasteiger partial charge >= 0.3 is 11.7 Å². The summed E-state index contributed by atoms with van der Waals surface area (Å²) in [5.41, 5.74) is -3.84. The lowest BCUT2D eigenvalue weighted by Gasteiger charge is -2.35. The molecule has 0 bridgehead atoms. The Bertz CT molecular complexity index is 985. The molecule has 0 aliphatic carbocycles. The molecule has 10 heteroatoms. The van der Waals surface area contributed by atoms with Crippen molar-refractivity contribution in [1.82, 2.24) is 0 Å². The van der Waals surface area contributed by atoms with Crippen LogP contribution in [0.3, 0.4) is 0 Å². The number of hydrogen-bond donors (Lipinski definition) is 0. The minimum absolute atomic E-state index is 0.0972. The summed E-state index contributed by atoms with van der Waals surface area (Å²) in [7, 11) is 0. The summed E-state index contributed by atoms with van der Waals surface area (Å²) in [6, 6.07) is 0. The molecule has 0 N–H and O–H groups in total. The molecule has 0 radical (unpaired) electrons. The Balaban J connectivity index is 2.39. The summed E-state index contributed by atoms with van der Waals surface area (Å²) < 4.78 is 48.5. The summed E-state index contributed by atoms with van der Waals surface area (Å²) in [6.07, 6.45) is -0.541. The number of nitro groups is 1. The van der Waals surface area contributed by atoms with Crippen molar-refractivity contribution in [2.45, 2.75) is 58.6 Å². The third kappa shape index (κ3) is 3.16. The van der Waals surface area contributed by atoms with E-state index in [1.54, 1.807) is 27.7 Å². The first-order valence-electron chi connectivity index (χ1n) is 8.99. The lowest BCUT2D eigenvalue weighted by molar-refractivity contribution is -0.388. The van der Waals surface area contributed by atoms with Gasteiger partial charge < -0.3 is 9.64 Å². The van der Waals surface area contributed by atoms with Gasteiger partial charge in [-0.3, -0.25) is 14.9 Å². The fourth-order valence-electron chi connectivity index (χ4n) is 3.84. The van der Waals surface area contributed by atoms with Crippen LogP contribution in [0.2, 0.25) is 0 Å². The molecule has 0 spiro atoms. The van der Waals surface area contributed by atoms with Crippen molar-refractivity contribution in [2.75, 3.05) is 4.90 Å². The van der Waals surface area contributed by atoms with E-state index in [0.29, 0.717) is 6.42 Å². The molecule has 7 nitrogen and oxygen atoms in total. The first-order valence-corrected chi connectivity index (χ1v) is 8.99. The molecule has 2 aliphatic rings. The van der Waals surface area contributed by atoms with E-state index in [4.69, 9.17) is 4.74 Å². The van der Waals surface area contributed by atoms with Crippen LogP contribution in [0.1, 0.15) is 57.3 Å². The summed E-state index contributed by atoms with van der Waals surface area (Å²) in [6.45, 7) is 6.50. The Morgan fingerprint density at radius 1 is 1.21 bits per heavy atom. The van der Waals surface area contributed by atoms with Crippen molar-refractivity contribution in [3.8, 4) is 0 Å². The predicted molar refractivity (Wildman–Crippen MR) is 96.0 cm³/mol. The number of nitro benzene ring substituents is 1. The van der Waals surface area contributed by atoms with Gasteiger partial charge in [-0.2, -0.15) is 4.39 Å². The van der Waals surface area contributed by atoms with Gasteiger partial charge in [-0.05, 0) is 40.5 Å². The minimum atomic E-state index is -2.05. The second-order valence-corrected chi connectivity index (χ2v) is 7.90. The molecule has 0 unspecified atom stereocenters. The normalized spacial score (nSPS) is 17.9. The Morgan fingerprint density at radius 2 is 1.83 bits per heavy atom. The fraction of sp³-hybridized carbons (Fsp3) is 0.474. The number of esters is 1. The fourth-order valence-corrected chi connectivity index (χ4v) is 3.84. The van der Waals surface area contributed by atoms with E-state index in [9.17, 15) is 32.9 Å². The Hall–Kier alpha value is -2.91. The Morgan fingerprint density at radius 3 is 2.38 bits per heavy atom. The van der Waals surface area contributed by atoms with E-state index in [-0.39, 0.29) is 17.7 Å². The minimum Gasteiger partial charge on any atom is -0.460 e. The first-order chi connectivity index (χ1) is 13.4. The van der Waals surface area contributed by atoms with Crippen molar-refractivity contribution in [3.05, 3.63) is 44.4 Å². The van der Waals surface area contributed by atoms with Crippen LogP contribution in [-0.2, 0) is 9.53 Å². The van der Waals surface area contributed by atoms with Crippen molar-refractivity contribution < 1.29 is 32.4 Å². The number of carbonyl (C=O) groups excluding carboxylic acids is 2. The number of allylic oxidation sites excluding steroid dienone is 1. The summed E-state index contributed by atoms with van der Waals surface area (Å²) in [4.78, 5) is 36.9. The van der Waals surface area contributed by atoms with Gasteiger partial charge in [-0.1, -0.05) is 0 Å². The van der Waals surface area contributed by atoms with E-state index in [2.05, 4.69) is 0 Å². The molecule has 1 saturated heterocycles. The van der Waals surface area contributed by atoms with E-state index in [1.165, 1.54) is 4.90 Å². The van der Waals surface area contributed by atoms with Crippen LogP contribution in [0.5, 0.6) is 0 Å². The average Bonchev–Trinajstić information content (AvgIpc) is 2.83. The second kappa shape index (κ2) is 6.85. The highest BCUT2D eigenvalue weighted by atomic mass is 19.2. The maximum Gasteiger partial charge on any atom is 0.336 e. The maximum atomic E-state index is 14.9. The molecule has 0 saturated carbocycles. The maximum absolute atomic E-state index is 14.9. The number of hydrogen-bond acceptors (Lipinski definition) is 6. The van der Waals surface area contributed by atoms with E-state index in [1.807, 2.05) is 0 Å². The number of halogens is 3. The van der Waals surface area contributed by atoms with Crippen LogP contribution >= 0.6 is 0 Å². The van der Waals surface area contributed by atoms with Gasteiger partial charge in [0, 0.05) is 17.7 Å². The molecular weight excluding hydrogens is 393 g/mol. The van der Waals surface area contributed by atoms with Gasteiger partial charge in [0.2, 0.25) is 11.6 Å². The van der Waals surface area contributed by atoms with Crippen LogP contribution in [0.25, 0.3) is 0 Å². The summed E-state index contributed by atoms with van der Waals surface area (Å²) in [5, 5.41) is 11.4. The molecule has 1 fully saturated rings. The smallest absolute Gasteiger partial charge is 0.336 e. The standard InChI is InChI=1S/C19H19F3N2O5/c1-8(2)29-18(26)9-7-11(25)12-16(23-10(9)5-6-19(23,3)4)14(21)13(20)15(22)17(12)24(27)28/h8H,5-7H2,1-4H3. The lowest BCUT2D eigenvalue weighted by atomic mass is 9.96. The average molecular weight is 412 g/mol. The molecule has 1 aromatic rings. The number of rotatable bonds is 3. The molecule has 2 aliphatic heterocycles. The van der Waals surface area contributed by atoms with Crippen LogP contribution in [0.4, 0.5) is 24.5 Å². The van der Waals surface area contributed by atoms with Crippen LogP contribution < -0.4 is 4.90 Å². The lowest BCUT2D eigenvalue weighted by Crippen LogP contribution is -2.39. The quantitative estimate of drug-likeness (QED) is 0.320. The molecule has 0 aromatic heterocycles. The van der Waals surface area contributed by atoms with Gasteiger partial charge in [0.15, 0.2) is 11.6 Å². The zero-order valence-electron chi connectivity index (χ0n) is 16.3. The molecule has 2 heterocycles. The van der Waals surface area contributed by atoms with Gasteiger partial charge in [0.05, 0.1) is 22.3 Å². The van der Waals surface area contributed by atoms with Crippen molar-refractivity contribution in [3.63, 3.8) is 0 Å². The van der Waals surface area contributed by atoms with Crippen molar-refractivity contribution >= 4 is 23.1 Å². The van der Waals surface area contributed by atoms with E-state index < -0.39 is 69.1 Å². The van der Waals surface area contributed by atoms with Gasteiger partial charge in [0.1, 0.15) is 5.56 Å². The van der Waals surface area contributed by atoms with Gasteiger partial charge in [-0.15, -0.1) is 0 Å². The highest BCUT2D eigenvalue weighted by Crippen LogP contribution is 2.50. The molecule has 0 atom stereocenters. The van der Waals surface area contributed by atoms with Crippen molar-refractivity contribution in [2.24, 2.45) is 0 Å². The number of Topliss-reactive ketones (excluding diaryl/α,β-unsaturated/α-hetero) is 1. The van der Waals surface area contributed by atoms with Crippen molar-refractivity contribution in [1.29, 1.82) is 0 Å². The summed E-state index contributed by atoms with van der Waals surface area (Å²) >= 11 is 0. The molecule has 156 valence electrons. The molecule has 3 rings (SSSR count). The van der Waals surface area contributed by atoms with E-state index in [0.717, 1.165) is 0 Å². The number of ether oxygens (including phenoxy) is 1. The third-order valence-electron chi connectivity index (χ3n) is 5.08. The van der Waals surface area contributed by atoms with Gasteiger partial charge in [0.25, 0.3) is 0 Å². The molecule has 1 aromatic carbocycles. The second-order valence-electron chi connectivity index (χ2n) is 7.90. The number of nitrogens with zero attached hydrogens (tertiary/aromatic N) is 2. The van der Waals surface area contributed by atoms with Crippen LogP contribution in [-0.4, -0.2) is 28.3 Å². The number of carbonyl (C=O) groups is 2. The zero-order valence-corrected chi connectivity index (χ0v) is 16.3. The first kappa shape index (κ1) is 20.8. The van der Waals surface area contributed by atoms with Crippen LogP contribution in [0.15, 0.2) is 11.3 Å². The molecular formula is C19H19F3N2O5. The van der Waals surface area contributed by atoms with Gasteiger partial charge in [-0.25, -0.2) is 13.6 Å².